The van der Waals surface area contributed by atoms with Gasteiger partial charge in [0.2, 0.25) is 5.95 Å². The van der Waals surface area contributed by atoms with Crippen molar-refractivity contribution in [3.05, 3.63) is 70.1 Å². The zero-order chi connectivity index (χ0) is 21.5. The number of fused-ring (bicyclic) bond motifs is 1. The summed E-state index contributed by atoms with van der Waals surface area (Å²) in [5, 5.41) is 3.62. The SMILES string of the molecule is Cc1cn(-c2ncc(CN3CCN[C@H](c4ccc5c(c4C)COC5=O)C3)cn2)c(C)n1. The lowest BCUT2D eigenvalue weighted by Crippen LogP contribution is -2.45. The number of hydrogen-bond acceptors (Lipinski definition) is 7. The van der Waals surface area contributed by atoms with E-state index >= 15 is 0 Å². The van der Waals surface area contributed by atoms with Crippen LogP contribution in [-0.2, 0) is 17.9 Å². The number of aromatic nitrogens is 4. The van der Waals surface area contributed by atoms with Crippen LogP contribution in [0.1, 0.15) is 50.2 Å². The third-order valence-corrected chi connectivity index (χ3v) is 6.16. The van der Waals surface area contributed by atoms with Gasteiger partial charge in [-0.1, -0.05) is 6.07 Å². The molecule has 0 radical (unpaired) electrons. The lowest BCUT2D eigenvalue weighted by molar-refractivity contribution is 0.0535. The van der Waals surface area contributed by atoms with Crippen LogP contribution in [-0.4, -0.2) is 50.0 Å². The lowest BCUT2D eigenvalue weighted by atomic mass is 9.93. The number of rotatable bonds is 4. The Balaban J connectivity index is 1.29. The summed E-state index contributed by atoms with van der Waals surface area (Å²) in [6.45, 7) is 9.93. The Bertz CT molecular complexity index is 1140. The molecule has 2 aromatic heterocycles. The molecule has 5 rings (SSSR count). The molecule has 0 spiro atoms. The number of imidazole rings is 1. The van der Waals surface area contributed by atoms with E-state index in [1.54, 1.807) is 0 Å². The predicted octanol–water partition coefficient (Wildman–Crippen LogP) is 2.40. The maximum Gasteiger partial charge on any atom is 0.338 e. The highest BCUT2D eigenvalue weighted by Gasteiger charge is 2.28. The maximum absolute atomic E-state index is 11.8. The lowest BCUT2D eigenvalue weighted by Gasteiger charge is -2.34. The van der Waals surface area contributed by atoms with E-state index in [9.17, 15) is 4.79 Å². The molecular weight excluding hydrogens is 392 g/mol. The Hall–Kier alpha value is -3.10. The molecule has 8 heteroatoms. The van der Waals surface area contributed by atoms with E-state index in [0.29, 0.717) is 18.1 Å². The molecule has 1 N–H and O–H groups in total. The van der Waals surface area contributed by atoms with Gasteiger partial charge in [0.25, 0.3) is 0 Å². The van der Waals surface area contributed by atoms with Gasteiger partial charge in [-0.2, -0.15) is 0 Å². The highest BCUT2D eigenvalue weighted by Crippen LogP contribution is 2.30. The number of nitrogens with one attached hydrogen (secondary N) is 1. The molecular formula is C23H26N6O2. The number of ether oxygens (including phenoxy) is 1. The van der Waals surface area contributed by atoms with Gasteiger partial charge in [-0.25, -0.2) is 19.7 Å². The van der Waals surface area contributed by atoms with Crippen molar-refractivity contribution in [2.45, 2.75) is 40.0 Å². The van der Waals surface area contributed by atoms with Crippen molar-refractivity contribution in [2.24, 2.45) is 0 Å². The summed E-state index contributed by atoms with van der Waals surface area (Å²) in [4.78, 5) is 27.8. The Morgan fingerprint density at radius 1 is 1.19 bits per heavy atom. The third kappa shape index (κ3) is 3.73. The van der Waals surface area contributed by atoms with Crippen LogP contribution in [0.25, 0.3) is 5.95 Å². The average Bonchev–Trinajstić information content (AvgIpc) is 3.31. The van der Waals surface area contributed by atoms with Crippen LogP contribution in [0.5, 0.6) is 0 Å². The van der Waals surface area contributed by atoms with Crippen molar-refractivity contribution in [2.75, 3.05) is 19.6 Å². The van der Waals surface area contributed by atoms with E-state index in [-0.39, 0.29) is 12.0 Å². The third-order valence-electron chi connectivity index (χ3n) is 6.16. The van der Waals surface area contributed by atoms with Crippen LogP contribution < -0.4 is 5.32 Å². The van der Waals surface area contributed by atoms with E-state index in [2.05, 4.69) is 38.2 Å². The fraction of sp³-hybridized carbons (Fsp3) is 0.391. The molecule has 4 heterocycles. The van der Waals surface area contributed by atoms with Gasteiger partial charge in [0, 0.05) is 61.9 Å². The number of aryl methyl sites for hydroxylation is 2. The maximum atomic E-state index is 11.8. The molecule has 2 aliphatic rings. The fourth-order valence-corrected chi connectivity index (χ4v) is 4.54. The average molecular weight is 419 g/mol. The smallest absolute Gasteiger partial charge is 0.338 e. The van der Waals surface area contributed by atoms with Crippen molar-refractivity contribution < 1.29 is 9.53 Å². The predicted molar refractivity (Wildman–Crippen MR) is 115 cm³/mol. The van der Waals surface area contributed by atoms with Gasteiger partial charge in [0.05, 0.1) is 11.3 Å². The molecule has 1 fully saturated rings. The molecule has 1 atom stereocenters. The molecule has 3 aromatic rings. The Morgan fingerprint density at radius 3 is 2.74 bits per heavy atom. The molecule has 1 saturated heterocycles. The van der Waals surface area contributed by atoms with Gasteiger partial charge < -0.3 is 10.1 Å². The van der Waals surface area contributed by atoms with E-state index in [4.69, 9.17) is 4.74 Å². The van der Waals surface area contributed by atoms with Gasteiger partial charge in [0.1, 0.15) is 12.4 Å². The molecule has 2 aliphatic heterocycles. The van der Waals surface area contributed by atoms with Crippen molar-refractivity contribution in [3.63, 3.8) is 0 Å². The number of nitrogens with zero attached hydrogens (tertiary/aromatic N) is 5. The normalized spacial score (nSPS) is 18.8. The first-order valence-electron chi connectivity index (χ1n) is 10.6. The molecule has 0 unspecified atom stereocenters. The topological polar surface area (TPSA) is 85.2 Å². The van der Waals surface area contributed by atoms with Gasteiger partial charge in [-0.3, -0.25) is 9.47 Å². The van der Waals surface area contributed by atoms with Crippen LogP contribution in [0.2, 0.25) is 0 Å². The summed E-state index contributed by atoms with van der Waals surface area (Å²) < 4.78 is 7.12. The van der Waals surface area contributed by atoms with Gasteiger partial charge >= 0.3 is 5.97 Å². The van der Waals surface area contributed by atoms with Gasteiger partial charge in [-0.15, -0.1) is 0 Å². The summed E-state index contributed by atoms with van der Waals surface area (Å²) >= 11 is 0. The van der Waals surface area contributed by atoms with E-state index in [1.165, 1.54) is 5.56 Å². The monoisotopic (exact) mass is 418 g/mol. The standard InChI is InChI=1S/C23H26N6O2/c1-14-10-29(16(3)27-14)23-25-8-17(9-26-23)11-28-7-6-24-21(12-28)18-4-5-19-20(15(18)2)13-31-22(19)30/h4-5,8-10,21,24H,6-7,11-13H2,1-3H3/t21-/m0/s1. The molecule has 0 saturated carbocycles. The number of carbonyl (C=O) groups excluding carboxylic acids is 1. The number of benzene rings is 1. The first-order valence-corrected chi connectivity index (χ1v) is 10.6. The van der Waals surface area contributed by atoms with Crippen molar-refractivity contribution >= 4 is 5.97 Å². The second kappa shape index (κ2) is 7.86. The Kier molecular flexibility index (Phi) is 5.03. The van der Waals surface area contributed by atoms with Crippen molar-refractivity contribution in [3.8, 4) is 5.95 Å². The number of piperazine rings is 1. The highest BCUT2D eigenvalue weighted by molar-refractivity contribution is 5.94. The van der Waals surface area contributed by atoms with Crippen LogP contribution in [0, 0.1) is 20.8 Å². The zero-order valence-corrected chi connectivity index (χ0v) is 18.1. The van der Waals surface area contributed by atoms with E-state index in [1.807, 2.05) is 43.1 Å². The quantitative estimate of drug-likeness (QED) is 0.651. The fourth-order valence-electron chi connectivity index (χ4n) is 4.54. The minimum absolute atomic E-state index is 0.214. The molecule has 31 heavy (non-hydrogen) atoms. The van der Waals surface area contributed by atoms with Gasteiger partial charge in [-0.05, 0) is 38.0 Å². The Labute approximate surface area is 181 Å². The molecule has 0 amide bonds. The number of carbonyl (C=O) groups is 1. The summed E-state index contributed by atoms with van der Waals surface area (Å²) in [5.74, 6) is 1.31. The molecule has 160 valence electrons. The van der Waals surface area contributed by atoms with Crippen molar-refractivity contribution in [1.29, 1.82) is 0 Å². The van der Waals surface area contributed by atoms with Gasteiger partial charge in [0.15, 0.2) is 0 Å². The van der Waals surface area contributed by atoms with Crippen LogP contribution in [0.15, 0.2) is 30.7 Å². The second-order valence-electron chi connectivity index (χ2n) is 8.31. The number of hydrogen-bond donors (Lipinski definition) is 1. The Morgan fingerprint density at radius 2 is 2.00 bits per heavy atom. The van der Waals surface area contributed by atoms with Crippen LogP contribution in [0.4, 0.5) is 0 Å². The van der Waals surface area contributed by atoms with E-state index < -0.39 is 0 Å². The van der Waals surface area contributed by atoms with Crippen molar-refractivity contribution in [1.82, 2.24) is 29.7 Å². The number of esters is 1. The highest BCUT2D eigenvalue weighted by atomic mass is 16.5. The van der Waals surface area contributed by atoms with Crippen LogP contribution in [0.3, 0.4) is 0 Å². The summed E-state index contributed by atoms with van der Waals surface area (Å²) in [7, 11) is 0. The second-order valence-corrected chi connectivity index (χ2v) is 8.31. The van der Waals surface area contributed by atoms with E-state index in [0.717, 1.165) is 54.4 Å². The molecule has 8 nitrogen and oxygen atoms in total. The molecule has 0 bridgehead atoms. The zero-order valence-electron chi connectivity index (χ0n) is 18.1. The van der Waals surface area contributed by atoms with Crippen LogP contribution >= 0.6 is 0 Å². The first kappa shape index (κ1) is 19.8. The largest absolute Gasteiger partial charge is 0.457 e. The summed E-state index contributed by atoms with van der Waals surface area (Å²) in [6, 6.07) is 4.18. The minimum Gasteiger partial charge on any atom is -0.457 e. The first-order chi connectivity index (χ1) is 15.0. The summed E-state index contributed by atoms with van der Waals surface area (Å²) in [6.07, 6.45) is 5.75. The molecule has 0 aliphatic carbocycles. The number of cyclic esters (lactones) is 1. The minimum atomic E-state index is -0.215. The molecule has 1 aromatic carbocycles. The summed E-state index contributed by atoms with van der Waals surface area (Å²) in [5.41, 5.74) is 6.16.